The van der Waals surface area contributed by atoms with Gasteiger partial charge < -0.3 is 10.1 Å². The van der Waals surface area contributed by atoms with E-state index in [2.05, 4.69) is 26.3 Å². The molecular weight excluding hydrogens is 300 g/mol. The van der Waals surface area contributed by atoms with E-state index in [0.717, 1.165) is 51.3 Å². The summed E-state index contributed by atoms with van der Waals surface area (Å²) in [5.41, 5.74) is 1.26. The van der Waals surface area contributed by atoms with Crippen molar-refractivity contribution in [2.75, 3.05) is 25.0 Å². The van der Waals surface area contributed by atoms with Crippen LogP contribution in [0.1, 0.15) is 24.8 Å². The first-order valence-corrected chi connectivity index (χ1v) is 8.74. The van der Waals surface area contributed by atoms with Crippen molar-refractivity contribution in [2.24, 2.45) is 0 Å². The lowest BCUT2D eigenvalue weighted by Crippen LogP contribution is -2.46. The van der Waals surface area contributed by atoms with Crippen LogP contribution in [0.5, 0.6) is 0 Å². The molecule has 1 spiro atoms. The molecule has 0 amide bonds. The van der Waals surface area contributed by atoms with Gasteiger partial charge in [0.1, 0.15) is 5.82 Å². The Balaban J connectivity index is 1.37. The van der Waals surface area contributed by atoms with Gasteiger partial charge in [-0.25, -0.2) is 4.98 Å². The summed E-state index contributed by atoms with van der Waals surface area (Å²) in [5.74, 6) is 0.963. The fourth-order valence-electron chi connectivity index (χ4n) is 3.90. The molecule has 4 rings (SSSR count). The maximum atomic E-state index is 6.24. The molecule has 0 aliphatic carbocycles. The van der Waals surface area contributed by atoms with E-state index in [0.29, 0.717) is 6.04 Å². The Kier molecular flexibility index (Phi) is 4.45. The van der Waals surface area contributed by atoms with Gasteiger partial charge >= 0.3 is 0 Å². The van der Waals surface area contributed by atoms with Crippen LogP contribution in [0.2, 0.25) is 0 Å². The van der Waals surface area contributed by atoms with Crippen molar-refractivity contribution in [3.8, 4) is 0 Å². The summed E-state index contributed by atoms with van der Waals surface area (Å²) >= 11 is 0. The Morgan fingerprint density at radius 1 is 1.25 bits per heavy atom. The van der Waals surface area contributed by atoms with Crippen LogP contribution >= 0.6 is 0 Å². The van der Waals surface area contributed by atoms with E-state index in [9.17, 15) is 0 Å². The number of nitrogens with zero attached hydrogens (tertiary/aromatic N) is 3. The van der Waals surface area contributed by atoms with Gasteiger partial charge in [0, 0.05) is 50.9 Å². The highest BCUT2D eigenvalue weighted by molar-refractivity contribution is 5.34. The SMILES string of the molecule is c1ccc(N[C@H]2CCO[C@@]3(CCN(Cc4cccnc4)C3)C2)nc1. The fourth-order valence-corrected chi connectivity index (χ4v) is 3.90. The first kappa shape index (κ1) is 15.5. The molecule has 0 bridgehead atoms. The zero-order valence-corrected chi connectivity index (χ0v) is 13.9. The standard InChI is InChI=1S/C19H24N4O/c1-2-9-21-18(5-1)22-17-6-11-24-19(12-17)7-10-23(15-19)14-16-4-3-8-20-13-16/h1-5,8-9,13,17H,6-7,10-12,14-15H2,(H,21,22)/t17-,19-/m0/s1. The third-order valence-corrected chi connectivity index (χ3v) is 5.03. The van der Waals surface area contributed by atoms with Gasteiger partial charge in [0.25, 0.3) is 0 Å². The van der Waals surface area contributed by atoms with Crippen molar-refractivity contribution in [3.63, 3.8) is 0 Å². The molecule has 2 aromatic heterocycles. The molecule has 24 heavy (non-hydrogen) atoms. The van der Waals surface area contributed by atoms with Gasteiger partial charge in [0.15, 0.2) is 0 Å². The van der Waals surface area contributed by atoms with Gasteiger partial charge in [0.2, 0.25) is 0 Å². The van der Waals surface area contributed by atoms with E-state index >= 15 is 0 Å². The summed E-state index contributed by atoms with van der Waals surface area (Å²) in [7, 11) is 0. The van der Waals surface area contributed by atoms with Crippen molar-refractivity contribution in [1.82, 2.24) is 14.9 Å². The number of aromatic nitrogens is 2. The Labute approximate surface area is 143 Å². The monoisotopic (exact) mass is 324 g/mol. The number of hydrogen-bond acceptors (Lipinski definition) is 5. The number of nitrogens with one attached hydrogen (secondary N) is 1. The molecule has 2 aromatic rings. The molecule has 0 aromatic carbocycles. The summed E-state index contributed by atoms with van der Waals surface area (Å²) < 4.78 is 6.24. The maximum Gasteiger partial charge on any atom is 0.126 e. The highest BCUT2D eigenvalue weighted by Gasteiger charge is 2.43. The van der Waals surface area contributed by atoms with E-state index in [1.54, 1.807) is 0 Å². The van der Waals surface area contributed by atoms with E-state index in [4.69, 9.17) is 4.74 Å². The van der Waals surface area contributed by atoms with Gasteiger partial charge in [-0.15, -0.1) is 0 Å². The second-order valence-corrected chi connectivity index (χ2v) is 6.90. The van der Waals surface area contributed by atoms with Crippen LogP contribution in [0.4, 0.5) is 5.82 Å². The molecule has 0 radical (unpaired) electrons. The molecule has 126 valence electrons. The minimum absolute atomic E-state index is 0.00704. The minimum atomic E-state index is -0.00704. The lowest BCUT2D eigenvalue weighted by molar-refractivity contribution is -0.0737. The highest BCUT2D eigenvalue weighted by Crippen LogP contribution is 2.35. The largest absolute Gasteiger partial charge is 0.373 e. The van der Waals surface area contributed by atoms with Crippen molar-refractivity contribution in [2.45, 2.75) is 37.5 Å². The van der Waals surface area contributed by atoms with Gasteiger partial charge in [-0.1, -0.05) is 12.1 Å². The van der Waals surface area contributed by atoms with Crippen molar-refractivity contribution >= 4 is 5.82 Å². The molecule has 2 atom stereocenters. The molecule has 0 unspecified atom stereocenters. The van der Waals surface area contributed by atoms with Crippen LogP contribution in [0.15, 0.2) is 48.9 Å². The minimum Gasteiger partial charge on any atom is -0.373 e. The summed E-state index contributed by atoms with van der Waals surface area (Å²) in [6.45, 7) is 3.87. The van der Waals surface area contributed by atoms with Crippen LogP contribution in [0, 0.1) is 0 Å². The van der Waals surface area contributed by atoms with E-state index < -0.39 is 0 Å². The van der Waals surface area contributed by atoms with E-state index in [1.165, 1.54) is 5.56 Å². The fraction of sp³-hybridized carbons (Fsp3) is 0.474. The topological polar surface area (TPSA) is 50.3 Å². The zero-order chi connectivity index (χ0) is 16.2. The lowest BCUT2D eigenvalue weighted by Gasteiger charge is -2.38. The highest BCUT2D eigenvalue weighted by atomic mass is 16.5. The smallest absolute Gasteiger partial charge is 0.126 e. The molecule has 2 aliphatic heterocycles. The molecular formula is C19H24N4O. The molecule has 0 saturated carbocycles. The van der Waals surface area contributed by atoms with Crippen molar-refractivity contribution in [1.29, 1.82) is 0 Å². The predicted molar refractivity (Wildman–Crippen MR) is 93.7 cm³/mol. The number of pyridine rings is 2. The van der Waals surface area contributed by atoms with Crippen molar-refractivity contribution < 1.29 is 4.74 Å². The third kappa shape index (κ3) is 3.57. The number of anilines is 1. The Morgan fingerprint density at radius 2 is 2.25 bits per heavy atom. The first-order chi connectivity index (χ1) is 11.8. The van der Waals surface area contributed by atoms with Crippen LogP contribution in [0.3, 0.4) is 0 Å². The summed E-state index contributed by atoms with van der Waals surface area (Å²) in [6.07, 6.45) is 8.82. The Morgan fingerprint density at radius 3 is 3.08 bits per heavy atom. The number of hydrogen-bond donors (Lipinski definition) is 1. The van der Waals surface area contributed by atoms with Gasteiger partial charge in [0.05, 0.1) is 5.60 Å². The molecule has 1 N–H and O–H groups in total. The number of ether oxygens (including phenoxy) is 1. The second-order valence-electron chi connectivity index (χ2n) is 6.90. The Hall–Kier alpha value is -1.98. The van der Waals surface area contributed by atoms with Gasteiger partial charge in [-0.3, -0.25) is 9.88 Å². The molecule has 2 saturated heterocycles. The van der Waals surface area contributed by atoms with Gasteiger partial charge in [-0.05, 0) is 43.0 Å². The van der Waals surface area contributed by atoms with E-state index in [-0.39, 0.29) is 5.60 Å². The Bertz CT molecular complexity index is 651. The second kappa shape index (κ2) is 6.87. The number of likely N-dealkylation sites (tertiary alicyclic amines) is 1. The summed E-state index contributed by atoms with van der Waals surface area (Å²) in [6, 6.07) is 10.6. The van der Waals surface area contributed by atoms with Gasteiger partial charge in [-0.2, -0.15) is 0 Å². The van der Waals surface area contributed by atoms with Crippen molar-refractivity contribution in [3.05, 3.63) is 54.5 Å². The quantitative estimate of drug-likeness (QED) is 0.937. The normalized spacial score (nSPS) is 27.4. The van der Waals surface area contributed by atoms with E-state index in [1.807, 2.05) is 42.9 Å². The molecule has 2 fully saturated rings. The van der Waals surface area contributed by atoms with Crippen LogP contribution in [-0.4, -0.2) is 46.2 Å². The average molecular weight is 324 g/mol. The maximum absolute atomic E-state index is 6.24. The number of rotatable bonds is 4. The summed E-state index contributed by atoms with van der Waals surface area (Å²) in [4.78, 5) is 11.1. The summed E-state index contributed by atoms with van der Waals surface area (Å²) in [5, 5.41) is 3.58. The lowest BCUT2D eigenvalue weighted by atomic mass is 9.89. The first-order valence-electron chi connectivity index (χ1n) is 8.74. The molecule has 5 heteroatoms. The third-order valence-electron chi connectivity index (χ3n) is 5.03. The van der Waals surface area contributed by atoms with Crippen LogP contribution in [-0.2, 0) is 11.3 Å². The van der Waals surface area contributed by atoms with Crippen LogP contribution in [0.25, 0.3) is 0 Å². The van der Waals surface area contributed by atoms with Crippen LogP contribution < -0.4 is 5.32 Å². The average Bonchev–Trinajstić information content (AvgIpc) is 2.98. The molecule has 5 nitrogen and oxygen atoms in total. The zero-order valence-electron chi connectivity index (χ0n) is 13.9. The molecule has 4 heterocycles. The predicted octanol–water partition coefficient (Wildman–Crippen LogP) is 2.71. The molecule has 2 aliphatic rings.